The number of anilines is 1. The van der Waals surface area contributed by atoms with E-state index in [-0.39, 0.29) is 11.8 Å². The number of para-hydroxylation sites is 2. The Hall–Kier alpha value is -3.12. The van der Waals surface area contributed by atoms with Crippen LogP contribution in [-0.4, -0.2) is 28.6 Å². The van der Waals surface area contributed by atoms with Gasteiger partial charge in [0.15, 0.2) is 0 Å². The van der Waals surface area contributed by atoms with Crippen LogP contribution in [0.2, 0.25) is 0 Å². The van der Waals surface area contributed by atoms with E-state index in [1.165, 1.54) is 5.56 Å². The Labute approximate surface area is 202 Å². The van der Waals surface area contributed by atoms with Gasteiger partial charge < -0.3 is 14.2 Å². The predicted octanol–water partition coefficient (Wildman–Crippen LogP) is 5.96. The van der Waals surface area contributed by atoms with Gasteiger partial charge in [0.2, 0.25) is 5.91 Å². The lowest BCUT2D eigenvalue weighted by Crippen LogP contribution is -2.24. The number of hydrogen-bond donors (Lipinski definition) is 0. The van der Waals surface area contributed by atoms with Crippen molar-refractivity contribution in [2.45, 2.75) is 32.2 Å². The van der Waals surface area contributed by atoms with Crippen LogP contribution in [0.15, 0.2) is 77.3 Å². The van der Waals surface area contributed by atoms with Crippen LogP contribution in [0.1, 0.15) is 30.7 Å². The number of ether oxygens (including phenoxy) is 1. The molecule has 3 aromatic carbocycles. The first-order valence-electron chi connectivity index (χ1n) is 11.3. The lowest BCUT2D eigenvalue weighted by molar-refractivity contribution is -0.117. The molecule has 1 aliphatic heterocycles. The maximum atomic E-state index is 12.9. The quantitative estimate of drug-likeness (QED) is 0.312. The molecule has 1 atom stereocenters. The van der Waals surface area contributed by atoms with Gasteiger partial charge in [-0.1, -0.05) is 53.2 Å². The summed E-state index contributed by atoms with van der Waals surface area (Å²) in [5, 5.41) is 0. The van der Waals surface area contributed by atoms with Crippen LogP contribution in [-0.2, 0) is 17.8 Å². The standard InChI is InChI=1S/C27H26BrN3O2/c1-2-19-10-12-23(13-11-19)33-15-14-30-25-9-4-3-8-24(25)29-27(30)20-16-26(32)31(18-20)22-7-5-6-21(28)17-22/h3-13,17,20H,2,14-16,18H2,1H3. The Kier molecular flexibility index (Phi) is 6.18. The van der Waals surface area contributed by atoms with Crippen molar-refractivity contribution in [2.75, 3.05) is 18.1 Å². The molecular weight excluding hydrogens is 478 g/mol. The maximum absolute atomic E-state index is 12.9. The molecule has 0 bridgehead atoms. The highest BCUT2D eigenvalue weighted by molar-refractivity contribution is 9.10. The Morgan fingerprint density at radius 2 is 1.88 bits per heavy atom. The van der Waals surface area contributed by atoms with Crippen molar-refractivity contribution in [3.05, 3.63) is 88.7 Å². The average molecular weight is 504 g/mol. The first kappa shape index (κ1) is 21.7. The molecule has 0 saturated carbocycles. The molecule has 0 N–H and O–H groups in total. The molecule has 0 radical (unpaired) electrons. The van der Waals surface area contributed by atoms with E-state index in [2.05, 4.69) is 45.6 Å². The molecule has 6 heteroatoms. The number of halogens is 1. The number of fused-ring (bicyclic) bond motifs is 1. The van der Waals surface area contributed by atoms with E-state index in [0.29, 0.717) is 26.1 Å². The molecule has 5 nitrogen and oxygen atoms in total. The van der Waals surface area contributed by atoms with Crippen molar-refractivity contribution >= 4 is 38.6 Å². The molecule has 168 valence electrons. The molecule has 1 saturated heterocycles. The summed E-state index contributed by atoms with van der Waals surface area (Å²) in [5.74, 6) is 1.98. The molecule has 1 aromatic heterocycles. The zero-order valence-electron chi connectivity index (χ0n) is 18.6. The number of carbonyl (C=O) groups is 1. The van der Waals surface area contributed by atoms with Crippen molar-refractivity contribution in [3.8, 4) is 5.75 Å². The van der Waals surface area contributed by atoms with Crippen molar-refractivity contribution in [1.29, 1.82) is 0 Å². The minimum Gasteiger partial charge on any atom is -0.492 e. The monoisotopic (exact) mass is 503 g/mol. The fourth-order valence-electron chi connectivity index (χ4n) is 4.49. The summed E-state index contributed by atoms with van der Waals surface area (Å²) in [6.45, 7) is 3.98. The highest BCUT2D eigenvalue weighted by Crippen LogP contribution is 2.34. The third-order valence-corrected chi connectivity index (χ3v) is 6.70. The summed E-state index contributed by atoms with van der Waals surface area (Å²) in [5.41, 5.74) is 4.24. The zero-order valence-corrected chi connectivity index (χ0v) is 20.2. The molecule has 33 heavy (non-hydrogen) atoms. The third kappa shape index (κ3) is 4.53. The Morgan fingerprint density at radius 1 is 1.06 bits per heavy atom. The van der Waals surface area contributed by atoms with Gasteiger partial charge >= 0.3 is 0 Å². The number of hydrogen-bond acceptors (Lipinski definition) is 3. The fourth-order valence-corrected chi connectivity index (χ4v) is 4.88. The van der Waals surface area contributed by atoms with Gasteiger partial charge in [-0.25, -0.2) is 4.98 Å². The maximum Gasteiger partial charge on any atom is 0.227 e. The summed E-state index contributed by atoms with van der Waals surface area (Å²) in [7, 11) is 0. The Bertz CT molecular complexity index is 1280. The van der Waals surface area contributed by atoms with E-state index in [1.807, 2.05) is 59.5 Å². The molecule has 2 heterocycles. The first-order chi connectivity index (χ1) is 16.1. The number of benzene rings is 3. The average Bonchev–Trinajstić information content (AvgIpc) is 3.40. The topological polar surface area (TPSA) is 47.4 Å². The number of aromatic nitrogens is 2. The molecule has 5 rings (SSSR count). The predicted molar refractivity (Wildman–Crippen MR) is 135 cm³/mol. The Balaban J connectivity index is 1.38. The molecule has 0 aliphatic carbocycles. The fraction of sp³-hybridized carbons (Fsp3) is 0.259. The second kappa shape index (κ2) is 9.40. The minimum absolute atomic E-state index is 0.0349. The van der Waals surface area contributed by atoms with E-state index < -0.39 is 0 Å². The number of nitrogens with zero attached hydrogens (tertiary/aromatic N) is 3. The van der Waals surface area contributed by atoms with Crippen LogP contribution in [0.25, 0.3) is 11.0 Å². The van der Waals surface area contributed by atoms with Crippen molar-refractivity contribution in [2.24, 2.45) is 0 Å². The summed E-state index contributed by atoms with van der Waals surface area (Å²) < 4.78 is 9.22. The molecule has 1 unspecified atom stereocenters. The van der Waals surface area contributed by atoms with E-state index in [4.69, 9.17) is 9.72 Å². The summed E-state index contributed by atoms with van der Waals surface area (Å²) >= 11 is 3.51. The van der Waals surface area contributed by atoms with Gasteiger partial charge in [0, 0.05) is 29.0 Å². The third-order valence-electron chi connectivity index (χ3n) is 6.21. The van der Waals surface area contributed by atoms with Crippen LogP contribution in [0.4, 0.5) is 5.69 Å². The number of aryl methyl sites for hydroxylation is 1. The van der Waals surface area contributed by atoms with Gasteiger partial charge in [-0.2, -0.15) is 0 Å². The van der Waals surface area contributed by atoms with Crippen LogP contribution in [0.5, 0.6) is 5.75 Å². The zero-order chi connectivity index (χ0) is 22.8. The smallest absolute Gasteiger partial charge is 0.227 e. The van der Waals surface area contributed by atoms with Gasteiger partial charge in [0.05, 0.1) is 17.6 Å². The van der Waals surface area contributed by atoms with Gasteiger partial charge in [0.1, 0.15) is 18.2 Å². The van der Waals surface area contributed by atoms with Crippen LogP contribution >= 0.6 is 15.9 Å². The largest absolute Gasteiger partial charge is 0.492 e. The van der Waals surface area contributed by atoms with Gasteiger partial charge in [-0.15, -0.1) is 0 Å². The van der Waals surface area contributed by atoms with Gasteiger partial charge in [-0.05, 0) is 54.4 Å². The second-order valence-electron chi connectivity index (χ2n) is 8.34. The summed E-state index contributed by atoms with van der Waals surface area (Å²) in [6, 6.07) is 24.3. The Morgan fingerprint density at radius 3 is 2.67 bits per heavy atom. The van der Waals surface area contributed by atoms with E-state index in [0.717, 1.165) is 39.2 Å². The second-order valence-corrected chi connectivity index (χ2v) is 9.26. The van der Waals surface area contributed by atoms with Crippen LogP contribution in [0.3, 0.4) is 0 Å². The molecule has 1 aliphatic rings. The highest BCUT2D eigenvalue weighted by atomic mass is 79.9. The number of carbonyl (C=O) groups excluding carboxylic acids is 1. The molecule has 4 aromatic rings. The van der Waals surface area contributed by atoms with Crippen molar-refractivity contribution < 1.29 is 9.53 Å². The minimum atomic E-state index is 0.0349. The van der Waals surface area contributed by atoms with Gasteiger partial charge in [-0.3, -0.25) is 4.79 Å². The van der Waals surface area contributed by atoms with Crippen LogP contribution in [0, 0.1) is 0 Å². The lowest BCUT2D eigenvalue weighted by atomic mass is 10.1. The molecule has 0 spiro atoms. The SMILES string of the molecule is CCc1ccc(OCCn2c(C3CC(=O)N(c4cccc(Br)c4)C3)nc3ccccc32)cc1. The highest BCUT2D eigenvalue weighted by Gasteiger charge is 2.34. The number of rotatable bonds is 7. The normalized spacial score (nSPS) is 16.0. The molecule has 1 fully saturated rings. The number of imidazole rings is 1. The molecular formula is C27H26BrN3O2. The van der Waals surface area contributed by atoms with Crippen molar-refractivity contribution in [1.82, 2.24) is 9.55 Å². The van der Waals surface area contributed by atoms with Crippen LogP contribution < -0.4 is 9.64 Å². The van der Waals surface area contributed by atoms with Gasteiger partial charge in [0.25, 0.3) is 0 Å². The first-order valence-corrected chi connectivity index (χ1v) is 12.1. The van der Waals surface area contributed by atoms with E-state index >= 15 is 0 Å². The van der Waals surface area contributed by atoms with E-state index in [9.17, 15) is 4.79 Å². The summed E-state index contributed by atoms with van der Waals surface area (Å²) in [6.07, 6.45) is 1.47. The number of amides is 1. The lowest BCUT2D eigenvalue weighted by Gasteiger charge is -2.18. The molecule has 1 amide bonds. The van der Waals surface area contributed by atoms with Crippen molar-refractivity contribution in [3.63, 3.8) is 0 Å². The summed E-state index contributed by atoms with van der Waals surface area (Å²) in [4.78, 5) is 19.7. The van der Waals surface area contributed by atoms with E-state index in [1.54, 1.807) is 0 Å².